The van der Waals surface area contributed by atoms with E-state index in [1.165, 1.54) is 31.3 Å². The van der Waals surface area contributed by atoms with Gasteiger partial charge in [-0.1, -0.05) is 19.1 Å². The van der Waals surface area contributed by atoms with E-state index >= 15 is 0 Å². The summed E-state index contributed by atoms with van der Waals surface area (Å²) in [5.41, 5.74) is 7.40. The van der Waals surface area contributed by atoms with E-state index in [9.17, 15) is 0 Å². The first kappa shape index (κ1) is 10.2. The lowest BCUT2D eigenvalue weighted by Crippen LogP contribution is -2.47. The third kappa shape index (κ3) is 1.86. The molecule has 80 valence electrons. The molecule has 0 aromatic carbocycles. The van der Waals surface area contributed by atoms with E-state index in [-0.39, 0.29) is 0 Å². The Morgan fingerprint density at radius 2 is 1.93 bits per heavy atom. The van der Waals surface area contributed by atoms with Gasteiger partial charge in [0.2, 0.25) is 0 Å². The molecule has 0 aromatic heterocycles. The second-order valence-electron chi connectivity index (χ2n) is 4.89. The molecule has 2 N–H and O–H groups in total. The van der Waals surface area contributed by atoms with Gasteiger partial charge in [0.25, 0.3) is 0 Å². The Hall–Kier alpha value is -0.340. The summed E-state index contributed by atoms with van der Waals surface area (Å²) < 4.78 is 0. The minimum Gasteiger partial charge on any atom is -0.328 e. The molecule has 0 aliphatic carbocycles. The molecule has 2 nitrogen and oxygen atoms in total. The molecule has 0 amide bonds. The Bertz CT molecular complexity index is 210. The van der Waals surface area contributed by atoms with Gasteiger partial charge in [0.05, 0.1) is 0 Å². The molecular formula is C12H22N2. The van der Waals surface area contributed by atoms with E-state index < -0.39 is 0 Å². The molecule has 2 fully saturated rings. The first-order valence-corrected chi connectivity index (χ1v) is 5.88. The summed E-state index contributed by atoms with van der Waals surface area (Å²) in [5.74, 6) is 0. The molecule has 0 saturated carbocycles. The number of fused-ring (bicyclic) bond motifs is 2. The average molecular weight is 194 g/mol. The second-order valence-corrected chi connectivity index (χ2v) is 4.89. The van der Waals surface area contributed by atoms with Crippen LogP contribution in [0, 0.1) is 0 Å². The molecule has 2 atom stereocenters. The normalized spacial score (nSPS) is 37.4. The van der Waals surface area contributed by atoms with Crippen LogP contribution in [0.2, 0.25) is 0 Å². The lowest BCUT2D eigenvalue weighted by atomic mass is 9.97. The van der Waals surface area contributed by atoms with Gasteiger partial charge in [0.15, 0.2) is 0 Å². The van der Waals surface area contributed by atoms with Crippen LogP contribution in [0.4, 0.5) is 0 Å². The van der Waals surface area contributed by atoms with Gasteiger partial charge in [-0.2, -0.15) is 0 Å². The Morgan fingerprint density at radius 1 is 1.36 bits per heavy atom. The smallest absolute Gasteiger partial charge is 0.0195 e. The van der Waals surface area contributed by atoms with Crippen molar-refractivity contribution in [2.45, 2.75) is 57.2 Å². The van der Waals surface area contributed by atoms with Crippen LogP contribution < -0.4 is 5.73 Å². The van der Waals surface area contributed by atoms with E-state index in [4.69, 9.17) is 5.73 Å². The van der Waals surface area contributed by atoms with Crippen molar-refractivity contribution in [2.24, 2.45) is 5.73 Å². The molecule has 0 spiro atoms. The fourth-order valence-corrected chi connectivity index (χ4v) is 2.94. The maximum absolute atomic E-state index is 6.03. The molecule has 2 bridgehead atoms. The fraction of sp³-hybridized carbons (Fsp3) is 0.833. The largest absolute Gasteiger partial charge is 0.328 e. The molecule has 2 heterocycles. The Kier molecular flexibility index (Phi) is 2.93. The fourth-order valence-electron chi connectivity index (χ4n) is 2.94. The first-order valence-electron chi connectivity index (χ1n) is 5.88. The summed E-state index contributed by atoms with van der Waals surface area (Å²) in [5, 5.41) is 0. The molecule has 2 rings (SSSR count). The van der Waals surface area contributed by atoms with Crippen LogP contribution in [-0.2, 0) is 0 Å². The van der Waals surface area contributed by atoms with Crippen LogP contribution in [-0.4, -0.2) is 29.6 Å². The summed E-state index contributed by atoms with van der Waals surface area (Å²) in [4.78, 5) is 2.65. The maximum Gasteiger partial charge on any atom is 0.0195 e. The van der Waals surface area contributed by atoms with E-state index in [0.717, 1.165) is 25.0 Å². The van der Waals surface area contributed by atoms with Crippen LogP contribution in [0.3, 0.4) is 0 Å². The summed E-state index contributed by atoms with van der Waals surface area (Å²) >= 11 is 0. The van der Waals surface area contributed by atoms with Crippen molar-refractivity contribution in [2.75, 3.05) is 6.54 Å². The van der Waals surface area contributed by atoms with Crippen LogP contribution in [0.1, 0.15) is 39.0 Å². The van der Waals surface area contributed by atoms with Crippen LogP contribution in [0.5, 0.6) is 0 Å². The SMILES string of the molecule is C=C(CC)CN1C2CCC1CC(N)C2. The van der Waals surface area contributed by atoms with Crippen molar-refractivity contribution in [1.29, 1.82) is 0 Å². The van der Waals surface area contributed by atoms with E-state index in [1.807, 2.05) is 0 Å². The average Bonchev–Trinajstić information content (AvgIpc) is 2.41. The number of rotatable bonds is 3. The van der Waals surface area contributed by atoms with Gasteiger partial charge in [-0.15, -0.1) is 0 Å². The third-order valence-corrected chi connectivity index (χ3v) is 3.83. The number of nitrogens with zero attached hydrogens (tertiary/aromatic N) is 1. The number of piperidine rings is 1. The number of hydrogen-bond acceptors (Lipinski definition) is 2. The highest BCUT2D eigenvalue weighted by Gasteiger charge is 2.39. The van der Waals surface area contributed by atoms with E-state index in [2.05, 4.69) is 18.4 Å². The zero-order chi connectivity index (χ0) is 10.1. The molecular weight excluding hydrogens is 172 g/mol. The second kappa shape index (κ2) is 4.03. The van der Waals surface area contributed by atoms with Crippen molar-refractivity contribution in [1.82, 2.24) is 4.90 Å². The summed E-state index contributed by atoms with van der Waals surface area (Å²) in [6.07, 6.45) is 6.23. The minimum absolute atomic E-state index is 0.457. The predicted molar refractivity (Wildman–Crippen MR) is 60.2 cm³/mol. The molecule has 0 aromatic rings. The van der Waals surface area contributed by atoms with Crippen molar-refractivity contribution < 1.29 is 0 Å². The Morgan fingerprint density at radius 3 is 2.43 bits per heavy atom. The highest BCUT2D eigenvalue weighted by Crippen LogP contribution is 2.35. The molecule has 2 aliphatic heterocycles. The lowest BCUT2D eigenvalue weighted by Gasteiger charge is -2.38. The van der Waals surface area contributed by atoms with Crippen LogP contribution in [0.15, 0.2) is 12.2 Å². The van der Waals surface area contributed by atoms with Crippen LogP contribution >= 0.6 is 0 Å². The molecule has 2 heteroatoms. The van der Waals surface area contributed by atoms with Crippen molar-refractivity contribution >= 4 is 0 Å². The highest BCUT2D eigenvalue weighted by atomic mass is 15.2. The first-order chi connectivity index (χ1) is 6.70. The summed E-state index contributed by atoms with van der Waals surface area (Å²) in [7, 11) is 0. The van der Waals surface area contributed by atoms with Crippen LogP contribution in [0.25, 0.3) is 0 Å². The molecule has 2 aliphatic rings. The van der Waals surface area contributed by atoms with Gasteiger partial charge in [-0.05, 0) is 32.1 Å². The predicted octanol–water partition coefficient (Wildman–Crippen LogP) is 1.91. The maximum atomic E-state index is 6.03. The van der Waals surface area contributed by atoms with Gasteiger partial charge in [-0.25, -0.2) is 0 Å². The topological polar surface area (TPSA) is 29.3 Å². The molecule has 0 radical (unpaired) electrons. The summed E-state index contributed by atoms with van der Waals surface area (Å²) in [6.45, 7) is 7.41. The minimum atomic E-state index is 0.457. The lowest BCUT2D eigenvalue weighted by molar-refractivity contribution is 0.139. The Labute approximate surface area is 87.2 Å². The van der Waals surface area contributed by atoms with Gasteiger partial charge in [0.1, 0.15) is 0 Å². The van der Waals surface area contributed by atoms with Crippen molar-refractivity contribution in [3.63, 3.8) is 0 Å². The molecule has 14 heavy (non-hydrogen) atoms. The van der Waals surface area contributed by atoms with Gasteiger partial charge in [0, 0.05) is 24.7 Å². The quantitative estimate of drug-likeness (QED) is 0.695. The van der Waals surface area contributed by atoms with Crippen molar-refractivity contribution in [3.05, 3.63) is 12.2 Å². The van der Waals surface area contributed by atoms with E-state index in [0.29, 0.717) is 6.04 Å². The van der Waals surface area contributed by atoms with Gasteiger partial charge < -0.3 is 5.73 Å². The standard InChI is InChI=1S/C12H22N2/c1-3-9(2)8-14-11-4-5-12(14)7-10(13)6-11/h10-12H,2-8,13H2,1H3. The van der Waals surface area contributed by atoms with Gasteiger partial charge >= 0.3 is 0 Å². The number of hydrogen-bond donors (Lipinski definition) is 1. The number of nitrogens with two attached hydrogens (primary N) is 1. The highest BCUT2D eigenvalue weighted by molar-refractivity contribution is 5.04. The zero-order valence-electron chi connectivity index (χ0n) is 9.21. The molecule has 2 unspecified atom stereocenters. The summed E-state index contributed by atoms with van der Waals surface area (Å²) in [6, 6.07) is 1.97. The monoisotopic (exact) mass is 194 g/mol. The zero-order valence-corrected chi connectivity index (χ0v) is 9.21. The Balaban J connectivity index is 1.97. The molecule has 2 saturated heterocycles. The van der Waals surface area contributed by atoms with E-state index in [1.54, 1.807) is 0 Å². The van der Waals surface area contributed by atoms with Crippen molar-refractivity contribution in [3.8, 4) is 0 Å². The third-order valence-electron chi connectivity index (χ3n) is 3.83. The van der Waals surface area contributed by atoms with Gasteiger partial charge in [-0.3, -0.25) is 4.90 Å².